The highest BCUT2D eigenvalue weighted by molar-refractivity contribution is 4.84. The smallest absolute Gasteiger partial charge is 0.00461 e. The topological polar surface area (TPSA) is 12.0 Å². The Kier molecular flexibility index (Phi) is 4.24. The molecule has 1 nitrogen and oxygen atoms in total. The summed E-state index contributed by atoms with van der Waals surface area (Å²) in [5.74, 6) is 0.971. The van der Waals surface area contributed by atoms with Gasteiger partial charge < -0.3 is 5.32 Å². The van der Waals surface area contributed by atoms with Crippen molar-refractivity contribution in [3.63, 3.8) is 0 Å². The lowest BCUT2D eigenvalue weighted by atomic mass is 9.68. The molecule has 1 saturated heterocycles. The number of hydrogen-bond donors (Lipinski definition) is 1. The summed E-state index contributed by atoms with van der Waals surface area (Å²) in [5.41, 5.74) is 0.622. The molecule has 0 amide bonds. The van der Waals surface area contributed by atoms with Gasteiger partial charge >= 0.3 is 0 Å². The Morgan fingerprint density at radius 2 is 1.85 bits per heavy atom. The van der Waals surface area contributed by atoms with Crippen molar-refractivity contribution in [1.82, 2.24) is 5.32 Å². The molecule has 1 rings (SSSR count). The Hall–Kier alpha value is -0.0400. The van der Waals surface area contributed by atoms with Gasteiger partial charge in [0.05, 0.1) is 0 Å². The van der Waals surface area contributed by atoms with Gasteiger partial charge in [-0.1, -0.05) is 33.6 Å². The molecule has 1 aliphatic heterocycles. The quantitative estimate of drug-likeness (QED) is 0.705. The first kappa shape index (κ1) is 11.0. The maximum Gasteiger partial charge on any atom is -0.00461 e. The van der Waals surface area contributed by atoms with Gasteiger partial charge in [0.25, 0.3) is 0 Å². The number of hydrogen-bond acceptors (Lipinski definition) is 1. The summed E-state index contributed by atoms with van der Waals surface area (Å²) in [6.45, 7) is 9.65. The van der Waals surface area contributed by atoms with Gasteiger partial charge in [-0.3, -0.25) is 0 Å². The lowest BCUT2D eigenvalue weighted by Gasteiger charge is -2.39. The molecule has 1 fully saturated rings. The van der Waals surface area contributed by atoms with E-state index in [0.717, 1.165) is 5.92 Å². The lowest BCUT2D eigenvalue weighted by molar-refractivity contribution is 0.124. The minimum Gasteiger partial charge on any atom is -0.317 e. The minimum atomic E-state index is 0.622. The monoisotopic (exact) mass is 183 g/mol. The number of piperidine rings is 1. The zero-order chi connectivity index (χ0) is 9.73. The highest BCUT2D eigenvalue weighted by Gasteiger charge is 2.32. The van der Waals surface area contributed by atoms with E-state index < -0.39 is 0 Å². The number of nitrogens with one attached hydrogen (secondary N) is 1. The highest BCUT2D eigenvalue weighted by atomic mass is 14.9. The van der Waals surface area contributed by atoms with Gasteiger partial charge in [0.1, 0.15) is 0 Å². The van der Waals surface area contributed by atoms with Crippen molar-refractivity contribution >= 4 is 0 Å². The Balaban J connectivity index is 2.51. The zero-order valence-corrected chi connectivity index (χ0v) is 9.53. The second-order valence-electron chi connectivity index (χ2n) is 4.78. The second kappa shape index (κ2) is 4.99. The Morgan fingerprint density at radius 3 is 2.31 bits per heavy atom. The fourth-order valence-electron chi connectivity index (χ4n) is 2.76. The maximum absolute atomic E-state index is 3.45. The Morgan fingerprint density at radius 1 is 1.23 bits per heavy atom. The summed E-state index contributed by atoms with van der Waals surface area (Å²) in [4.78, 5) is 0. The largest absolute Gasteiger partial charge is 0.317 e. The lowest BCUT2D eigenvalue weighted by Crippen LogP contribution is -2.36. The third-order valence-electron chi connectivity index (χ3n) is 3.95. The summed E-state index contributed by atoms with van der Waals surface area (Å²) in [5, 5.41) is 3.45. The summed E-state index contributed by atoms with van der Waals surface area (Å²) in [6.07, 6.45) is 6.89. The van der Waals surface area contributed by atoms with Crippen molar-refractivity contribution in [3.05, 3.63) is 0 Å². The summed E-state index contributed by atoms with van der Waals surface area (Å²) in [6, 6.07) is 0. The third-order valence-corrected chi connectivity index (χ3v) is 3.95. The van der Waals surface area contributed by atoms with E-state index in [1.165, 1.54) is 45.2 Å². The van der Waals surface area contributed by atoms with Gasteiger partial charge in [0, 0.05) is 0 Å². The van der Waals surface area contributed by atoms with Crippen LogP contribution in [0.25, 0.3) is 0 Å². The molecule has 0 spiro atoms. The summed E-state index contributed by atoms with van der Waals surface area (Å²) >= 11 is 0. The molecular weight excluding hydrogens is 158 g/mol. The molecule has 0 bridgehead atoms. The van der Waals surface area contributed by atoms with Crippen LogP contribution >= 0.6 is 0 Å². The van der Waals surface area contributed by atoms with Gasteiger partial charge in [-0.25, -0.2) is 0 Å². The first-order valence-corrected chi connectivity index (χ1v) is 5.93. The Labute approximate surface area is 83.3 Å². The third kappa shape index (κ3) is 2.70. The van der Waals surface area contributed by atoms with E-state index in [0.29, 0.717) is 5.41 Å². The van der Waals surface area contributed by atoms with E-state index in [9.17, 15) is 0 Å². The van der Waals surface area contributed by atoms with Crippen LogP contribution in [0.15, 0.2) is 0 Å². The normalized spacial score (nSPS) is 24.2. The van der Waals surface area contributed by atoms with Crippen molar-refractivity contribution in [1.29, 1.82) is 0 Å². The number of rotatable bonds is 4. The standard InChI is InChI=1S/C12H25N/c1-4-8-12(3,5-2)11-6-9-13-10-7-11/h11,13H,4-10H2,1-3H3. The first-order valence-electron chi connectivity index (χ1n) is 5.93. The summed E-state index contributed by atoms with van der Waals surface area (Å²) in [7, 11) is 0. The van der Waals surface area contributed by atoms with Crippen LogP contribution in [0.3, 0.4) is 0 Å². The molecule has 1 unspecified atom stereocenters. The first-order chi connectivity index (χ1) is 6.23. The molecule has 1 N–H and O–H groups in total. The van der Waals surface area contributed by atoms with Crippen molar-refractivity contribution in [2.75, 3.05) is 13.1 Å². The van der Waals surface area contributed by atoms with Gasteiger partial charge in [-0.05, 0) is 43.7 Å². The molecule has 0 aromatic heterocycles. The molecule has 0 saturated carbocycles. The molecule has 1 aliphatic rings. The highest BCUT2D eigenvalue weighted by Crippen LogP contribution is 2.40. The molecule has 78 valence electrons. The predicted molar refractivity (Wildman–Crippen MR) is 58.9 cm³/mol. The van der Waals surface area contributed by atoms with Crippen LogP contribution in [0.2, 0.25) is 0 Å². The predicted octanol–water partition coefficient (Wildman–Crippen LogP) is 3.20. The van der Waals surface area contributed by atoms with E-state index in [1.807, 2.05) is 0 Å². The molecule has 0 aliphatic carbocycles. The van der Waals surface area contributed by atoms with Crippen LogP contribution in [0, 0.1) is 11.3 Å². The van der Waals surface area contributed by atoms with Crippen LogP contribution in [0.1, 0.15) is 52.9 Å². The van der Waals surface area contributed by atoms with E-state index in [1.54, 1.807) is 0 Å². The van der Waals surface area contributed by atoms with Crippen LogP contribution in [-0.4, -0.2) is 13.1 Å². The molecule has 1 heteroatoms. The van der Waals surface area contributed by atoms with E-state index >= 15 is 0 Å². The molecular formula is C12H25N. The molecule has 1 heterocycles. The average Bonchev–Trinajstić information content (AvgIpc) is 2.19. The SMILES string of the molecule is CCCC(C)(CC)C1CCNCC1. The van der Waals surface area contributed by atoms with Gasteiger partial charge in [-0.15, -0.1) is 0 Å². The maximum atomic E-state index is 3.45. The molecule has 1 atom stereocenters. The van der Waals surface area contributed by atoms with Gasteiger partial charge in [0.15, 0.2) is 0 Å². The van der Waals surface area contributed by atoms with Crippen LogP contribution < -0.4 is 5.32 Å². The molecule has 0 aromatic rings. The van der Waals surface area contributed by atoms with Crippen molar-refractivity contribution < 1.29 is 0 Å². The minimum absolute atomic E-state index is 0.622. The van der Waals surface area contributed by atoms with Crippen molar-refractivity contribution in [2.45, 2.75) is 52.9 Å². The van der Waals surface area contributed by atoms with Crippen LogP contribution in [-0.2, 0) is 0 Å². The fourth-order valence-corrected chi connectivity index (χ4v) is 2.76. The molecule has 0 radical (unpaired) electrons. The summed E-state index contributed by atoms with van der Waals surface area (Å²) < 4.78 is 0. The van der Waals surface area contributed by atoms with Crippen LogP contribution in [0.5, 0.6) is 0 Å². The van der Waals surface area contributed by atoms with E-state index in [4.69, 9.17) is 0 Å². The van der Waals surface area contributed by atoms with Gasteiger partial charge in [-0.2, -0.15) is 0 Å². The van der Waals surface area contributed by atoms with Crippen LogP contribution in [0.4, 0.5) is 0 Å². The second-order valence-corrected chi connectivity index (χ2v) is 4.78. The van der Waals surface area contributed by atoms with E-state index in [2.05, 4.69) is 26.1 Å². The van der Waals surface area contributed by atoms with Crippen molar-refractivity contribution in [3.8, 4) is 0 Å². The average molecular weight is 183 g/mol. The fraction of sp³-hybridized carbons (Fsp3) is 1.00. The van der Waals surface area contributed by atoms with Crippen molar-refractivity contribution in [2.24, 2.45) is 11.3 Å². The van der Waals surface area contributed by atoms with E-state index in [-0.39, 0.29) is 0 Å². The zero-order valence-electron chi connectivity index (χ0n) is 9.53. The van der Waals surface area contributed by atoms with Gasteiger partial charge in [0.2, 0.25) is 0 Å². The molecule has 0 aromatic carbocycles. The Bertz CT molecular complexity index is 138. The molecule has 13 heavy (non-hydrogen) atoms.